The van der Waals surface area contributed by atoms with Gasteiger partial charge in [0.25, 0.3) is 0 Å². The second-order valence-corrected chi connectivity index (χ2v) is 32.1. The Morgan fingerprint density at radius 1 is 0.698 bits per heavy atom. The number of hydrogen-bond acceptors (Lipinski definition) is 0. The van der Waals surface area contributed by atoms with E-state index >= 15 is 0 Å². The van der Waals surface area contributed by atoms with E-state index in [-0.39, 0.29) is 41.6 Å². The third-order valence-corrected chi connectivity index (χ3v) is 19.7. The fraction of sp³-hybridized carbons (Fsp3) is 0.306. The van der Waals surface area contributed by atoms with Gasteiger partial charge in [0.2, 0.25) is 0 Å². The summed E-state index contributed by atoms with van der Waals surface area (Å²) < 4.78 is 1.77. The number of halogens is 2. The van der Waals surface area contributed by atoms with Crippen molar-refractivity contribution >= 4 is 36.8 Å². The van der Waals surface area contributed by atoms with Crippen LogP contribution in [0.2, 0.25) is 13.1 Å². The number of hydrogen-bond donors (Lipinski definition) is 0. The van der Waals surface area contributed by atoms with Crippen LogP contribution < -0.4 is 28.1 Å². The van der Waals surface area contributed by atoms with Crippen LogP contribution in [-0.4, -0.2) is 5.92 Å². The fourth-order valence-electron chi connectivity index (χ4n) is 9.22. The molecule has 0 fully saturated rings. The first-order valence-corrected chi connectivity index (χ1v) is 27.6. The van der Waals surface area contributed by atoms with E-state index in [1.54, 1.807) is 31.1 Å². The van der Waals surface area contributed by atoms with Crippen molar-refractivity contribution in [2.75, 3.05) is 0 Å². The molecule has 270 valence electrons. The number of benzene rings is 6. The van der Waals surface area contributed by atoms with E-state index in [9.17, 15) is 0 Å². The molecule has 0 aromatic heterocycles. The van der Waals surface area contributed by atoms with Gasteiger partial charge in [0, 0.05) is 0 Å². The van der Waals surface area contributed by atoms with Crippen LogP contribution in [0.3, 0.4) is 0 Å². The average molecular weight is 831 g/mol. The molecule has 0 radical (unpaired) electrons. The maximum Gasteiger partial charge on any atom is -1.00 e. The van der Waals surface area contributed by atoms with Crippen LogP contribution >= 0.6 is 0 Å². The Kier molecular flexibility index (Phi) is 11.4. The molecule has 8 rings (SSSR count). The first kappa shape index (κ1) is 39.9. The Hall–Kier alpha value is -2.74. The van der Waals surface area contributed by atoms with Crippen LogP contribution in [-0.2, 0) is 39.6 Å². The Labute approximate surface area is 342 Å². The quantitative estimate of drug-likeness (QED) is 0.127. The molecule has 0 nitrogen and oxygen atoms in total. The maximum atomic E-state index is 2.72. The molecule has 0 heterocycles. The second kappa shape index (κ2) is 15.1. The second-order valence-electron chi connectivity index (χ2n) is 17.5. The van der Waals surface area contributed by atoms with Gasteiger partial charge in [-0.1, -0.05) is 0 Å². The van der Waals surface area contributed by atoms with E-state index in [2.05, 4.69) is 165 Å². The summed E-state index contributed by atoms with van der Waals surface area (Å²) in [4.78, 5) is 0. The zero-order valence-electron chi connectivity index (χ0n) is 32.8. The predicted molar refractivity (Wildman–Crippen MR) is 222 cm³/mol. The Bertz CT molecular complexity index is 2330. The first-order valence-electron chi connectivity index (χ1n) is 19.2. The largest absolute Gasteiger partial charge is 1.00 e. The van der Waals surface area contributed by atoms with Crippen molar-refractivity contribution in [2.45, 2.75) is 97.6 Å². The van der Waals surface area contributed by atoms with Gasteiger partial charge in [0.05, 0.1) is 0 Å². The van der Waals surface area contributed by atoms with Crippen molar-refractivity contribution in [3.63, 3.8) is 0 Å². The van der Waals surface area contributed by atoms with Gasteiger partial charge in [-0.05, 0) is 0 Å². The van der Waals surface area contributed by atoms with E-state index in [0.29, 0.717) is 0 Å². The van der Waals surface area contributed by atoms with E-state index in [0.717, 1.165) is 19.3 Å². The summed E-state index contributed by atoms with van der Waals surface area (Å²) in [6.07, 6.45) is 5.95. The van der Waals surface area contributed by atoms with Crippen molar-refractivity contribution in [1.29, 1.82) is 0 Å². The van der Waals surface area contributed by atoms with E-state index in [1.165, 1.54) is 60.5 Å². The molecule has 1 unspecified atom stereocenters. The third-order valence-electron chi connectivity index (χ3n) is 11.3. The molecule has 2 aliphatic carbocycles. The summed E-state index contributed by atoms with van der Waals surface area (Å²) in [5.74, 6) is -0.448. The molecule has 0 aliphatic heterocycles. The van der Waals surface area contributed by atoms with Gasteiger partial charge in [-0.2, -0.15) is 0 Å². The molecule has 0 saturated carbocycles. The van der Waals surface area contributed by atoms with Gasteiger partial charge in [-0.25, -0.2) is 0 Å². The minimum Gasteiger partial charge on any atom is -1.00 e. The third kappa shape index (κ3) is 7.01. The van der Waals surface area contributed by atoms with Crippen molar-refractivity contribution in [2.24, 2.45) is 0 Å². The van der Waals surface area contributed by atoms with Crippen molar-refractivity contribution < 1.29 is 47.2 Å². The normalized spacial score (nSPS) is 14.7. The average Bonchev–Trinajstić information content (AvgIpc) is 3.63. The topological polar surface area (TPSA) is 0 Å². The summed E-state index contributed by atoms with van der Waals surface area (Å²) in [5, 5.41) is 5.31. The molecule has 6 aromatic rings. The van der Waals surface area contributed by atoms with Gasteiger partial charge in [0.1, 0.15) is 0 Å². The minimum atomic E-state index is -0.734. The molecule has 0 bridgehead atoms. The monoisotopic (exact) mass is 828 g/mol. The van der Waals surface area contributed by atoms with Crippen LogP contribution in [0.15, 0.2) is 103 Å². The molecule has 2 aliphatic rings. The summed E-state index contributed by atoms with van der Waals surface area (Å²) in [6.45, 7) is 22.1. The smallest absolute Gasteiger partial charge is 1.00 e. The van der Waals surface area contributed by atoms with Crippen molar-refractivity contribution in [3.8, 4) is 22.3 Å². The summed E-state index contributed by atoms with van der Waals surface area (Å²) in [5.41, 5.74) is 18.5. The molecule has 0 spiro atoms. The predicted octanol–water partition coefficient (Wildman–Crippen LogP) is 6.85. The fourth-order valence-corrected chi connectivity index (χ4v) is 17.9. The van der Waals surface area contributed by atoms with Crippen LogP contribution in [0.1, 0.15) is 106 Å². The molecule has 0 saturated heterocycles. The standard InChI is InChI=1S/C47H45.C2H7Si.2ClH.Zr/c1-8-14-31-27-40-38(19-13-20-39(40)44-35-17-11-9-15-29(35)25-30-16-10-12-18-36(30)44)43(31)45-41-28-32-26-33(46(2,3)4)21-22-34(32)37(41)23-24-42(45)47(5,6)7;1-3-2;;;/h9-13,15-23,25-27,43H,8,14,28H2,1-7H3;3H,1-2H3;2*1H;/q;;;;+2/p-2. The first-order chi connectivity index (χ1) is 24.3. The molecule has 1 atom stereocenters. The summed E-state index contributed by atoms with van der Waals surface area (Å²) in [6, 6.07) is 37.8. The zero-order valence-corrected chi connectivity index (χ0v) is 38.0. The maximum absolute atomic E-state index is 2.72. The number of allylic oxidation sites excluding steroid dienone is 1. The molecule has 0 N–H and O–H groups in total. The van der Waals surface area contributed by atoms with Gasteiger partial charge in [-0.3, -0.25) is 0 Å². The van der Waals surface area contributed by atoms with Crippen LogP contribution in [0.4, 0.5) is 0 Å². The van der Waals surface area contributed by atoms with Crippen LogP contribution in [0.5, 0.6) is 0 Å². The van der Waals surface area contributed by atoms with Gasteiger partial charge >= 0.3 is 321 Å². The SMILES string of the molecule is CCCC1=Cc2c(-c3c4ccccc4cc4ccccc34)cccc2C1c1c2c(c[c]([Zr+2][SiH](C)C)c1C(C)(C)C)-c1ccc(C(C)(C)C)cc1C2.[Cl-].[Cl-]. The van der Waals surface area contributed by atoms with Gasteiger partial charge in [0.15, 0.2) is 0 Å². The van der Waals surface area contributed by atoms with Crippen LogP contribution in [0, 0.1) is 0 Å². The van der Waals surface area contributed by atoms with Crippen molar-refractivity contribution in [3.05, 3.63) is 142 Å². The Morgan fingerprint density at radius 3 is 1.96 bits per heavy atom. The minimum absolute atomic E-state index is 0. The zero-order chi connectivity index (χ0) is 35.8. The molecule has 53 heavy (non-hydrogen) atoms. The molecular formula is C49H52Cl2SiZr. The molecular weight excluding hydrogens is 779 g/mol. The molecule has 4 heteroatoms. The number of rotatable bonds is 6. The van der Waals surface area contributed by atoms with E-state index in [1.807, 2.05) is 0 Å². The molecule has 6 aromatic carbocycles. The van der Waals surface area contributed by atoms with Crippen LogP contribution in [0.25, 0.3) is 49.9 Å². The van der Waals surface area contributed by atoms with Crippen molar-refractivity contribution in [1.82, 2.24) is 0 Å². The Morgan fingerprint density at radius 2 is 1.36 bits per heavy atom. The Balaban J connectivity index is 0.00000240. The van der Waals surface area contributed by atoms with E-state index in [4.69, 9.17) is 0 Å². The summed E-state index contributed by atoms with van der Waals surface area (Å²) in [7, 11) is 0. The molecule has 0 amide bonds. The van der Waals surface area contributed by atoms with E-state index < -0.39 is 28.3 Å². The number of fused-ring (bicyclic) bond motifs is 6. The van der Waals surface area contributed by atoms with Gasteiger partial charge in [-0.15, -0.1) is 0 Å². The van der Waals surface area contributed by atoms with Gasteiger partial charge < -0.3 is 24.8 Å². The summed E-state index contributed by atoms with van der Waals surface area (Å²) >= 11 is -0.722.